The van der Waals surface area contributed by atoms with Gasteiger partial charge in [-0.05, 0) is 36.4 Å². The van der Waals surface area contributed by atoms with Crippen molar-refractivity contribution < 1.29 is 9.18 Å². The molecule has 19 heavy (non-hydrogen) atoms. The molecule has 3 N–H and O–H groups in total. The molecule has 0 bridgehead atoms. The van der Waals surface area contributed by atoms with Gasteiger partial charge in [0, 0.05) is 15.2 Å². The molecule has 0 aromatic heterocycles. The molecule has 2 aromatic carbocycles. The molecular formula is C13H9BrClFN2O. The van der Waals surface area contributed by atoms with Crippen LogP contribution in [-0.4, -0.2) is 5.91 Å². The molecule has 1 amide bonds. The van der Waals surface area contributed by atoms with Crippen molar-refractivity contribution in [3.8, 4) is 0 Å². The average Bonchev–Trinajstić information content (AvgIpc) is 2.32. The lowest BCUT2D eigenvalue weighted by atomic mass is 10.1. The highest BCUT2D eigenvalue weighted by Crippen LogP contribution is 2.22. The summed E-state index contributed by atoms with van der Waals surface area (Å²) in [6, 6.07) is 8.86. The van der Waals surface area contributed by atoms with Gasteiger partial charge in [0.05, 0.1) is 11.3 Å². The Kier molecular flexibility index (Phi) is 4.07. The summed E-state index contributed by atoms with van der Waals surface area (Å²) in [5.41, 5.74) is 6.37. The molecule has 0 aliphatic rings. The van der Waals surface area contributed by atoms with Crippen LogP contribution in [0.2, 0.25) is 5.02 Å². The van der Waals surface area contributed by atoms with Gasteiger partial charge in [0.25, 0.3) is 5.91 Å². The number of nitrogen functional groups attached to an aromatic ring is 1. The second-order valence-corrected chi connectivity index (χ2v) is 5.16. The topological polar surface area (TPSA) is 55.1 Å². The predicted octanol–water partition coefficient (Wildman–Crippen LogP) is 4.08. The molecule has 0 aliphatic carbocycles. The van der Waals surface area contributed by atoms with Crippen molar-refractivity contribution in [3.63, 3.8) is 0 Å². The van der Waals surface area contributed by atoms with Crippen LogP contribution < -0.4 is 11.1 Å². The monoisotopic (exact) mass is 342 g/mol. The van der Waals surface area contributed by atoms with Crippen LogP contribution in [0.3, 0.4) is 0 Å². The van der Waals surface area contributed by atoms with Crippen molar-refractivity contribution in [2.75, 3.05) is 11.1 Å². The summed E-state index contributed by atoms with van der Waals surface area (Å²) in [5.74, 6) is -1.08. The Labute approximate surface area is 122 Å². The maximum Gasteiger partial charge on any atom is 0.257 e. The number of nitrogens with one attached hydrogen (secondary N) is 1. The molecule has 0 unspecified atom stereocenters. The number of amides is 1. The van der Waals surface area contributed by atoms with Crippen LogP contribution in [0.1, 0.15) is 10.4 Å². The normalized spacial score (nSPS) is 10.3. The van der Waals surface area contributed by atoms with Gasteiger partial charge < -0.3 is 11.1 Å². The number of hydrogen-bond donors (Lipinski definition) is 2. The quantitative estimate of drug-likeness (QED) is 0.807. The third-order valence-corrected chi connectivity index (χ3v) is 3.17. The van der Waals surface area contributed by atoms with Gasteiger partial charge >= 0.3 is 0 Å². The third kappa shape index (κ3) is 3.24. The van der Waals surface area contributed by atoms with Crippen molar-refractivity contribution in [1.29, 1.82) is 0 Å². The lowest BCUT2D eigenvalue weighted by molar-refractivity contribution is 0.102. The van der Waals surface area contributed by atoms with E-state index in [1.165, 1.54) is 12.1 Å². The average molecular weight is 344 g/mol. The largest absolute Gasteiger partial charge is 0.398 e. The lowest BCUT2D eigenvalue weighted by Gasteiger charge is -2.09. The van der Waals surface area contributed by atoms with Gasteiger partial charge in [-0.1, -0.05) is 27.5 Å². The zero-order valence-electron chi connectivity index (χ0n) is 9.58. The Morgan fingerprint density at radius 2 is 2.00 bits per heavy atom. The number of halogens is 3. The van der Waals surface area contributed by atoms with E-state index in [1.807, 2.05) is 0 Å². The van der Waals surface area contributed by atoms with E-state index in [0.29, 0.717) is 5.69 Å². The van der Waals surface area contributed by atoms with E-state index >= 15 is 0 Å². The minimum absolute atomic E-state index is 0.0525. The predicted molar refractivity (Wildman–Crippen MR) is 77.9 cm³/mol. The fraction of sp³-hybridized carbons (Fsp3) is 0. The molecule has 2 aromatic rings. The smallest absolute Gasteiger partial charge is 0.257 e. The summed E-state index contributed by atoms with van der Waals surface area (Å²) >= 11 is 8.88. The summed E-state index contributed by atoms with van der Waals surface area (Å²) in [6.07, 6.45) is 0. The van der Waals surface area contributed by atoms with E-state index in [2.05, 4.69) is 21.2 Å². The Hall–Kier alpha value is -1.59. The van der Waals surface area contributed by atoms with Crippen LogP contribution in [0.5, 0.6) is 0 Å². The van der Waals surface area contributed by atoms with E-state index in [1.54, 1.807) is 18.2 Å². The highest BCUT2D eigenvalue weighted by Gasteiger charge is 2.12. The van der Waals surface area contributed by atoms with Crippen molar-refractivity contribution >= 4 is 44.8 Å². The van der Waals surface area contributed by atoms with Gasteiger partial charge in [-0.3, -0.25) is 4.79 Å². The number of hydrogen-bond acceptors (Lipinski definition) is 2. The molecule has 98 valence electrons. The second kappa shape index (κ2) is 5.59. The van der Waals surface area contributed by atoms with Crippen LogP contribution in [-0.2, 0) is 0 Å². The standard InChI is InChI=1S/C13H9BrClFN2O/c14-7-1-3-9(11(17)5-7)13(19)18-12-4-2-8(15)6-10(12)16/h1-6H,17H2,(H,18,19). The molecule has 2 rings (SSSR count). The fourth-order valence-electron chi connectivity index (χ4n) is 1.52. The number of nitrogens with two attached hydrogens (primary N) is 1. The number of carbonyl (C=O) groups excluding carboxylic acids is 1. The van der Waals surface area contributed by atoms with E-state index in [9.17, 15) is 9.18 Å². The summed E-state index contributed by atoms with van der Waals surface area (Å²) < 4.78 is 14.3. The summed E-state index contributed by atoms with van der Waals surface area (Å²) in [6.45, 7) is 0. The zero-order valence-corrected chi connectivity index (χ0v) is 11.9. The van der Waals surface area contributed by atoms with Gasteiger partial charge in [0.15, 0.2) is 0 Å². The van der Waals surface area contributed by atoms with Gasteiger partial charge in [0.1, 0.15) is 5.82 Å². The molecule has 0 saturated heterocycles. The number of rotatable bonds is 2. The van der Waals surface area contributed by atoms with E-state index in [-0.39, 0.29) is 16.3 Å². The summed E-state index contributed by atoms with van der Waals surface area (Å²) in [7, 11) is 0. The minimum Gasteiger partial charge on any atom is -0.398 e. The molecule has 3 nitrogen and oxygen atoms in total. The van der Waals surface area contributed by atoms with E-state index in [0.717, 1.165) is 10.5 Å². The summed E-state index contributed by atoms with van der Waals surface area (Å²) in [5, 5.41) is 2.71. The van der Waals surface area contributed by atoms with Gasteiger partial charge in [0.2, 0.25) is 0 Å². The molecule has 0 saturated carbocycles. The number of benzene rings is 2. The molecule has 0 aliphatic heterocycles. The van der Waals surface area contributed by atoms with Gasteiger partial charge in [-0.2, -0.15) is 0 Å². The van der Waals surface area contributed by atoms with Crippen LogP contribution in [0.25, 0.3) is 0 Å². The minimum atomic E-state index is -0.600. The molecule has 0 spiro atoms. The first-order valence-corrected chi connectivity index (χ1v) is 6.46. The first kappa shape index (κ1) is 13.8. The first-order chi connectivity index (χ1) is 8.97. The van der Waals surface area contributed by atoms with Crippen LogP contribution in [0.15, 0.2) is 40.9 Å². The summed E-state index contributed by atoms with van der Waals surface area (Å²) in [4.78, 5) is 12.0. The molecule has 6 heteroatoms. The molecule has 0 radical (unpaired) electrons. The molecule has 0 heterocycles. The number of anilines is 2. The zero-order chi connectivity index (χ0) is 14.0. The SMILES string of the molecule is Nc1cc(Br)ccc1C(=O)Nc1ccc(Cl)cc1F. The van der Waals surface area contributed by atoms with Crippen molar-refractivity contribution in [2.45, 2.75) is 0 Å². The van der Waals surface area contributed by atoms with Crippen LogP contribution >= 0.6 is 27.5 Å². The first-order valence-electron chi connectivity index (χ1n) is 5.29. The molecule has 0 atom stereocenters. The fourth-order valence-corrected chi connectivity index (χ4v) is 2.06. The van der Waals surface area contributed by atoms with Crippen molar-refractivity contribution in [1.82, 2.24) is 0 Å². The molecular weight excluding hydrogens is 335 g/mol. The van der Waals surface area contributed by atoms with Crippen LogP contribution in [0, 0.1) is 5.82 Å². The van der Waals surface area contributed by atoms with Crippen molar-refractivity contribution in [2.24, 2.45) is 0 Å². The maximum absolute atomic E-state index is 13.6. The van der Waals surface area contributed by atoms with E-state index in [4.69, 9.17) is 17.3 Å². The number of carbonyl (C=O) groups is 1. The maximum atomic E-state index is 13.6. The Bertz CT molecular complexity index is 649. The van der Waals surface area contributed by atoms with E-state index < -0.39 is 11.7 Å². The Morgan fingerprint density at radius 3 is 2.63 bits per heavy atom. The van der Waals surface area contributed by atoms with Crippen molar-refractivity contribution in [3.05, 3.63) is 57.3 Å². The van der Waals surface area contributed by atoms with Crippen LogP contribution in [0.4, 0.5) is 15.8 Å². The highest BCUT2D eigenvalue weighted by molar-refractivity contribution is 9.10. The second-order valence-electron chi connectivity index (χ2n) is 3.81. The Morgan fingerprint density at radius 1 is 1.26 bits per heavy atom. The van der Waals surface area contributed by atoms with Gasteiger partial charge in [-0.25, -0.2) is 4.39 Å². The molecule has 0 fully saturated rings. The highest BCUT2D eigenvalue weighted by atomic mass is 79.9. The Balaban J connectivity index is 2.25. The third-order valence-electron chi connectivity index (χ3n) is 2.44. The lowest BCUT2D eigenvalue weighted by Crippen LogP contribution is -2.14. The van der Waals surface area contributed by atoms with Gasteiger partial charge in [-0.15, -0.1) is 0 Å².